The first kappa shape index (κ1) is 29.1. The number of halogens is 4. The van der Waals surface area contributed by atoms with Gasteiger partial charge in [-0.15, -0.1) is 0 Å². The Kier molecular flexibility index (Phi) is 7.93. The van der Waals surface area contributed by atoms with E-state index < -0.39 is 32.8 Å². The molecule has 0 aliphatic heterocycles. The Morgan fingerprint density at radius 3 is 2.36 bits per heavy atom. The second kappa shape index (κ2) is 11.5. The quantitative estimate of drug-likeness (QED) is 0.224. The number of hydrogen-bond acceptors (Lipinski definition) is 5. The first-order valence-corrected chi connectivity index (χ1v) is 14.5. The van der Waals surface area contributed by atoms with Crippen LogP contribution < -0.4 is 10.0 Å². The number of nitrogens with zero attached hydrogens (tertiary/aromatic N) is 3. The summed E-state index contributed by atoms with van der Waals surface area (Å²) in [5.41, 5.74) is 2.26. The molecule has 5 aromatic rings. The smallest absolute Gasteiger partial charge is 0.337 e. The number of amides is 2. The molecule has 0 atom stereocenters. The third kappa shape index (κ3) is 6.24. The first-order chi connectivity index (χ1) is 19.9. The molecule has 0 unspecified atom stereocenters. The van der Waals surface area contributed by atoms with Crippen LogP contribution in [0.4, 0.5) is 18.0 Å². The molecule has 3 aromatic carbocycles. The number of nitrogens with one attached hydrogen (secondary N) is 2. The molecule has 2 heterocycles. The highest BCUT2D eigenvalue weighted by atomic mass is 35.5. The van der Waals surface area contributed by atoms with Gasteiger partial charge in [0.1, 0.15) is 5.69 Å². The van der Waals surface area contributed by atoms with Crippen LogP contribution in [-0.2, 0) is 22.6 Å². The fourth-order valence-corrected chi connectivity index (χ4v) is 5.50. The zero-order chi connectivity index (χ0) is 30.1. The molecule has 2 N–H and O–H groups in total. The van der Waals surface area contributed by atoms with Crippen LogP contribution in [0.5, 0.6) is 0 Å². The number of rotatable bonds is 7. The van der Waals surface area contributed by atoms with Crippen LogP contribution in [0.2, 0.25) is 5.02 Å². The van der Waals surface area contributed by atoms with Gasteiger partial charge < -0.3 is 5.32 Å². The van der Waals surface area contributed by atoms with Crippen molar-refractivity contribution in [1.82, 2.24) is 24.6 Å². The Hall–Kier alpha value is -4.42. The molecule has 8 nitrogen and oxygen atoms in total. The topological polar surface area (TPSA) is 106 Å². The number of carbonyl (C=O) groups excluding carboxylic acids is 1. The first-order valence-electron chi connectivity index (χ1n) is 12.6. The third-order valence-corrected chi connectivity index (χ3v) is 8.05. The van der Waals surface area contributed by atoms with E-state index in [2.05, 4.69) is 15.3 Å². The summed E-state index contributed by atoms with van der Waals surface area (Å²) in [7, 11) is -4.01. The molecule has 0 radical (unpaired) electrons. The van der Waals surface area contributed by atoms with E-state index >= 15 is 0 Å². The fraction of sp³-hybridized carbons (Fsp3) is 0.138. The monoisotopic (exact) mass is 613 g/mol. The molecule has 0 saturated carbocycles. The zero-order valence-electron chi connectivity index (χ0n) is 22.0. The Labute approximate surface area is 244 Å². The van der Waals surface area contributed by atoms with E-state index in [1.165, 1.54) is 18.2 Å². The standard InChI is InChI=1S/C29H23ClF3N5O3S/c1-18-5-11-21(12-6-18)42(40,41)37-28(39)35-15-13-19-7-9-20(10-8-19)38-26-17-23(30)22(29(31,32)33)16-25(26)36-27(38)24-4-2-3-14-34-24/h2-12,14,16-17H,13,15H2,1H3,(H2,35,37,39). The van der Waals surface area contributed by atoms with Crippen molar-refractivity contribution in [2.24, 2.45) is 0 Å². The lowest BCUT2D eigenvalue weighted by Crippen LogP contribution is -2.40. The van der Waals surface area contributed by atoms with Crippen LogP contribution in [0.3, 0.4) is 0 Å². The van der Waals surface area contributed by atoms with Crippen molar-refractivity contribution >= 4 is 38.7 Å². The van der Waals surface area contributed by atoms with E-state index in [1.54, 1.807) is 65.4 Å². The van der Waals surface area contributed by atoms with Crippen molar-refractivity contribution < 1.29 is 26.4 Å². The molecule has 0 saturated heterocycles. The second-order valence-corrected chi connectivity index (χ2v) is 11.5. The molecule has 2 amide bonds. The number of urea groups is 1. The fourth-order valence-electron chi connectivity index (χ4n) is 4.31. The van der Waals surface area contributed by atoms with Gasteiger partial charge in [-0.25, -0.2) is 22.9 Å². The van der Waals surface area contributed by atoms with Gasteiger partial charge in [-0.2, -0.15) is 13.2 Å². The molecule has 42 heavy (non-hydrogen) atoms. The van der Waals surface area contributed by atoms with E-state index in [9.17, 15) is 26.4 Å². The lowest BCUT2D eigenvalue weighted by molar-refractivity contribution is -0.137. The number of pyridine rings is 1. The summed E-state index contributed by atoms with van der Waals surface area (Å²) in [4.78, 5) is 21.0. The molecule has 0 spiro atoms. The number of aromatic nitrogens is 3. The van der Waals surface area contributed by atoms with Crippen LogP contribution in [-0.4, -0.2) is 35.5 Å². The molecule has 0 aliphatic carbocycles. The van der Waals surface area contributed by atoms with E-state index in [1.807, 2.05) is 11.6 Å². The average molecular weight is 614 g/mol. The Bertz CT molecular complexity index is 1860. The average Bonchev–Trinajstić information content (AvgIpc) is 3.31. The maximum absolute atomic E-state index is 13.5. The summed E-state index contributed by atoms with van der Waals surface area (Å²) in [6.07, 6.45) is -2.69. The number of imidazole rings is 1. The molecule has 5 rings (SSSR count). The van der Waals surface area contributed by atoms with Gasteiger partial charge in [0.25, 0.3) is 10.0 Å². The molecular formula is C29H23ClF3N5O3S. The summed E-state index contributed by atoms with van der Waals surface area (Å²) in [5.74, 6) is 0.335. The maximum atomic E-state index is 13.5. The summed E-state index contributed by atoms with van der Waals surface area (Å²) < 4.78 is 69.0. The van der Waals surface area contributed by atoms with Crippen molar-refractivity contribution in [3.05, 3.63) is 107 Å². The van der Waals surface area contributed by atoms with Crippen LogP contribution in [0.15, 0.2) is 90.0 Å². The lowest BCUT2D eigenvalue weighted by atomic mass is 10.1. The van der Waals surface area contributed by atoms with E-state index in [4.69, 9.17) is 11.6 Å². The minimum atomic E-state index is -4.64. The largest absolute Gasteiger partial charge is 0.417 e. The molecule has 13 heteroatoms. The minimum absolute atomic E-state index is 0.0214. The van der Waals surface area contributed by atoms with Crippen molar-refractivity contribution in [1.29, 1.82) is 0 Å². The van der Waals surface area contributed by atoms with Gasteiger partial charge >= 0.3 is 12.2 Å². The summed E-state index contributed by atoms with van der Waals surface area (Å²) in [6.45, 7) is 1.97. The summed E-state index contributed by atoms with van der Waals surface area (Å²) in [5, 5.41) is 2.08. The normalized spacial score (nSPS) is 11.9. The molecule has 216 valence electrons. The van der Waals surface area contributed by atoms with Crippen LogP contribution >= 0.6 is 11.6 Å². The third-order valence-electron chi connectivity index (χ3n) is 6.39. The zero-order valence-corrected chi connectivity index (χ0v) is 23.6. The number of carbonyl (C=O) groups is 1. The number of aryl methyl sites for hydroxylation is 1. The van der Waals surface area contributed by atoms with Crippen LogP contribution in [0.25, 0.3) is 28.2 Å². The van der Waals surface area contributed by atoms with Crippen molar-refractivity contribution in [2.75, 3.05) is 6.54 Å². The highest BCUT2D eigenvalue weighted by molar-refractivity contribution is 7.90. The molecule has 0 fully saturated rings. The van der Waals surface area contributed by atoms with Crippen molar-refractivity contribution in [2.45, 2.75) is 24.4 Å². The van der Waals surface area contributed by atoms with Crippen LogP contribution in [0, 0.1) is 6.92 Å². The Morgan fingerprint density at radius 1 is 1.00 bits per heavy atom. The minimum Gasteiger partial charge on any atom is -0.337 e. The SMILES string of the molecule is Cc1ccc(S(=O)(=O)NC(=O)NCCc2ccc(-n3c(-c4ccccn4)nc4cc(C(F)(F)F)c(Cl)cc43)cc2)cc1. The Balaban J connectivity index is 1.34. The van der Waals surface area contributed by atoms with Gasteiger partial charge in [0, 0.05) is 18.4 Å². The highest BCUT2D eigenvalue weighted by Crippen LogP contribution is 2.38. The van der Waals surface area contributed by atoms with Crippen LogP contribution in [0.1, 0.15) is 16.7 Å². The summed E-state index contributed by atoms with van der Waals surface area (Å²) >= 11 is 6.04. The number of sulfonamides is 1. The van der Waals surface area contributed by atoms with Gasteiger partial charge in [-0.1, -0.05) is 47.5 Å². The molecular weight excluding hydrogens is 591 g/mol. The molecule has 0 bridgehead atoms. The predicted molar refractivity (Wildman–Crippen MR) is 153 cm³/mol. The number of hydrogen-bond donors (Lipinski definition) is 2. The van der Waals surface area contributed by atoms with Crippen molar-refractivity contribution in [3.63, 3.8) is 0 Å². The second-order valence-electron chi connectivity index (χ2n) is 9.40. The number of benzene rings is 3. The van der Waals surface area contributed by atoms with Gasteiger partial charge in [0.2, 0.25) is 0 Å². The molecule has 0 aliphatic rings. The van der Waals surface area contributed by atoms with Gasteiger partial charge in [0.15, 0.2) is 5.82 Å². The number of fused-ring (bicyclic) bond motifs is 1. The van der Waals surface area contributed by atoms with E-state index in [0.29, 0.717) is 29.1 Å². The van der Waals surface area contributed by atoms with Gasteiger partial charge in [-0.05, 0) is 67.4 Å². The maximum Gasteiger partial charge on any atom is 0.417 e. The van der Waals surface area contributed by atoms with E-state index in [0.717, 1.165) is 17.2 Å². The Morgan fingerprint density at radius 2 is 1.71 bits per heavy atom. The van der Waals surface area contributed by atoms with E-state index in [-0.39, 0.29) is 17.0 Å². The van der Waals surface area contributed by atoms with Crippen molar-refractivity contribution in [3.8, 4) is 17.2 Å². The molecule has 2 aromatic heterocycles. The van der Waals surface area contributed by atoms with Gasteiger partial charge in [0.05, 0.1) is 26.5 Å². The number of alkyl halides is 3. The lowest BCUT2D eigenvalue weighted by Gasteiger charge is -2.12. The predicted octanol–water partition coefficient (Wildman–Crippen LogP) is 6.30. The summed E-state index contributed by atoms with van der Waals surface area (Å²) in [6, 6.07) is 19.7. The highest BCUT2D eigenvalue weighted by Gasteiger charge is 2.34. The van der Waals surface area contributed by atoms with Gasteiger partial charge in [-0.3, -0.25) is 9.55 Å².